The first-order valence-corrected chi connectivity index (χ1v) is 6.13. The van der Waals surface area contributed by atoms with E-state index in [0.717, 1.165) is 22.4 Å². The Morgan fingerprint density at radius 2 is 1.89 bits per heavy atom. The molecule has 1 aliphatic heterocycles. The molecule has 0 aliphatic carbocycles. The highest BCUT2D eigenvalue weighted by Crippen LogP contribution is 2.34. The number of benzene rings is 1. The van der Waals surface area contributed by atoms with E-state index in [1.54, 1.807) is 7.11 Å². The summed E-state index contributed by atoms with van der Waals surface area (Å²) in [6, 6.07) is 3.96. The van der Waals surface area contributed by atoms with Crippen LogP contribution in [0.25, 0.3) is 0 Å². The fourth-order valence-corrected chi connectivity index (χ4v) is 2.64. The van der Waals surface area contributed by atoms with E-state index in [1.165, 1.54) is 0 Å². The molecular weight excluding hydrogens is 244 g/mol. The predicted octanol–water partition coefficient (Wildman–Crippen LogP) is 0.773. The van der Waals surface area contributed by atoms with Gasteiger partial charge in [0.05, 0.1) is 12.6 Å². The zero-order valence-corrected chi connectivity index (χ0v) is 11.6. The third-order valence-corrected chi connectivity index (χ3v) is 3.41. The van der Waals surface area contributed by atoms with Gasteiger partial charge >= 0.3 is 11.8 Å². The van der Waals surface area contributed by atoms with Crippen LogP contribution in [-0.2, 0) is 15.1 Å². The van der Waals surface area contributed by atoms with Crippen molar-refractivity contribution in [2.75, 3.05) is 13.7 Å². The number of methoxy groups -OCH3 is 1. The number of hydrogen-bond acceptors (Lipinski definition) is 3. The number of hydrogen-bond donors (Lipinski definition) is 2. The molecule has 2 N–H and O–H groups in total. The Labute approximate surface area is 112 Å². The topological polar surface area (TPSA) is 67.4 Å². The number of aryl methyl sites for hydroxylation is 2. The minimum atomic E-state index is -0.659. The highest BCUT2D eigenvalue weighted by Gasteiger charge is 2.39. The average molecular weight is 262 g/mol. The van der Waals surface area contributed by atoms with E-state index >= 15 is 0 Å². The van der Waals surface area contributed by atoms with Gasteiger partial charge < -0.3 is 15.4 Å². The molecule has 0 saturated carbocycles. The summed E-state index contributed by atoms with van der Waals surface area (Å²) >= 11 is 0. The van der Waals surface area contributed by atoms with Crippen molar-refractivity contribution in [3.8, 4) is 5.75 Å². The summed E-state index contributed by atoms with van der Waals surface area (Å²) in [6.45, 7) is 6.18. The number of rotatable bonds is 2. The van der Waals surface area contributed by atoms with Crippen molar-refractivity contribution in [2.24, 2.45) is 0 Å². The van der Waals surface area contributed by atoms with Gasteiger partial charge in [-0.25, -0.2) is 0 Å². The molecule has 5 nitrogen and oxygen atoms in total. The van der Waals surface area contributed by atoms with E-state index < -0.39 is 17.4 Å². The maximum atomic E-state index is 11.6. The molecule has 102 valence electrons. The van der Waals surface area contributed by atoms with Crippen molar-refractivity contribution in [1.29, 1.82) is 0 Å². The number of piperazine rings is 1. The van der Waals surface area contributed by atoms with Crippen molar-refractivity contribution in [3.63, 3.8) is 0 Å². The van der Waals surface area contributed by atoms with E-state index in [0.29, 0.717) is 6.54 Å². The van der Waals surface area contributed by atoms with E-state index in [-0.39, 0.29) is 0 Å². The molecule has 1 fully saturated rings. The van der Waals surface area contributed by atoms with Crippen molar-refractivity contribution >= 4 is 11.8 Å². The maximum Gasteiger partial charge on any atom is 0.310 e. The fourth-order valence-electron chi connectivity index (χ4n) is 2.64. The molecule has 2 amide bonds. The van der Waals surface area contributed by atoms with Crippen LogP contribution >= 0.6 is 0 Å². The molecule has 1 atom stereocenters. The average Bonchev–Trinajstić information content (AvgIpc) is 2.33. The van der Waals surface area contributed by atoms with Crippen molar-refractivity contribution in [2.45, 2.75) is 26.3 Å². The highest BCUT2D eigenvalue weighted by atomic mass is 16.5. The number of carbonyl (C=O) groups is 2. The summed E-state index contributed by atoms with van der Waals surface area (Å²) in [5.74, 6) is -0.492. The summed E-state index contributed by atoms with van der Waals surface area (Å²) in [7, 11) is 1.60. The molecule has 5 heteroatoms. The van der Waals surface area contributed by atoms with Crippen LogP contribution < -0.4 is 15.4 Å². The van der Waals surface area contributed by atoms with Crippen LogP contribution in [0.3, 0.4) is 0 Å². The van der Waals surface area contributed by atoms with Gasteiger partial charge in [0.1, 0.15) is 5.75 Å². The van der Waals surface area contributed by atoms with Gasteiger partial charge in [-0.1, -0.05) is 6.07 Å². The van der Waals surface area contributed by atoms with E-state index in [4.69, 9.17) is 4.74 Å². The monoisotopic (exact) mass is 262 g/mol. The van der Waals surface area contributed by atoms with Gasteiger partial charge in [-0.15, -0.1) is 0 Å². The first kappa shape index (κ1) is 13.4. The van der Waals surface area contributed by atoms with Crippen LogP contribution in [0.2, 0.25) is 0 Å². The molecule has 0 radical (unpaired) electrons. The van der Waals surface area contributed by atoms with Crippen LogP contribution in [0.15, 0.2) is 12.1 Å². The summed E-state index contributed by atoms with van der Waals surface area (Å²) in [4.78, 5) is 22.8. The molecule has 0 bridgehead atoms. The van der Waals surface area contributed by atoms with E-state index in [9.17, 15) is 9.59 Å². The smallest absolute Gasteiger partial charge is 0.310 e. The maximum absolute atomic E-state index is 11.6. The second-order valence-corrected chi connectivity index (χ2v) is 5.13. The lowest BCUT2D eigenvalue weighted by molar-refractivity contribution is -0.142. The molecule has 1 heterocycles. The number of amides is 2. The first-order valence-electron chi connectivity index (χ1n) is 6.13. The molecule has 1 saturated heterocycles. The lowest BCUT2D eigenvalue weighted by atomic mass is 9.85. The molecule has 0 spiro atoms. The lowest BCUT2D eigenvalue weighted by Gasteiger charge is -2.37. The Morgan fingerprint density at radius 3 is 2.47 bits per heavy atom. The van der Waals surface area contributed by atoms with Gasteiger partial charge in [-0.05, 0) is 38.0 Å². The largest absolute Gasteiger partial charge is 0.496 e. The van der Waals surface area contributed by atoms with Crippen molar-refractivity contribution in [1.82, 2.24) is 10.6 Å². The third kappa shape index (κ3) is 2.28. The Hall–Kier alpha value is -2.04. The first-order chi connectivity index (χ1) is 8.87. The summed E-state index contributed by atoms with van der Waals surface area (Å²) in [5, 5.41) is 5.37. The van der Waals surface area contributed by atoms with E-state index in [1.807, 2.05) is 32.9 Å². The van der Waals surface area contributed by atoms with Crippen molar-refractivity contribution < 1.29 is 14.3 Å². The SMILES string of the molecule is COc1cc(C)cc(C)c1C1(C)CNC(=O)C(=O)N1. The van der Waals surface area contributed by atoms with Gasteiger partial charge in [-0.2, -0.15) is 0 Å². The zero-order valence-electron chi connectivity index (χ0n) is 11.6. The van der Waals surface area contributed by atoms with Gasteiger partial charge in [0.15, 0.2) is 0 Å². The predicted molar refractivity (Wildman–Crippen MR) is 71.0 cm³/mol. The zero-order chi connectivity index (χ0) is 14.2. The molecule has 1 aliphatic rings. The second kappa shape index (κ2) is 4.57. The Morgan fingerprint density at radius 1 is 1.21 bits per heavy atom. The minimum Gasteiger partial charge on any atom is -0.496 e. The van der Waals surface area contributed by atoms with Crippen LogP contribution in [0.1, 0.15) is 23.6 Å². The summed E-state index contributed by atoms with van der Waals surface area (Å²) in [5.41, 5.74) is 2.35. The second-order valence-electron chi connectivity index (χ2n) is 5.13. The normalized spacial score (nSPS) is 22.7. The Bertz CT molecular complexity index is 554. The highest BCUT2D eigenvalue weighted by molar-refractivity contribution is 6.35. The molecule has 2 rings (SSSR count). The number of nitrogens with one attached hydrogen (secondary N) is 2. The number of carbonyl (C=O) groups excluding carboxylic acids is 2. The molecule has 0 aromatic heterocycles. The van der Waals surface area contributed by atoms with E-state index in [2.05, 4.69) is 10.6 Å². The molecule has 1 aromatic rings. The molecule has 19 heavy (non-hydrogen) atoms. The van der Waals surface area contributed by atoms with Crippen LogP contribution in [0.5, 0.6) is 5.75 Å². The lowest BCUT2D eigenvalue weighted by Crippen LogP contribution is -2.61. The quantitative estimate of drug-likeness (QED) is 0.774. The molecule has 1 aromatic carbocycles. The van der Waals surface area contributed by atoms with Gasteiger partial charge in [-0.3, -0.25) is 9.59 Å². The summed E-state index contributed by atoms with van der Waals surface area (Å²) < 4.78 is 5.42. The summed E-state index contributed by atoms with van der Waals surface area (Å²) in [6.07, 6.45) is 0. The molecule has 1 unspecified atom stereocenters. The number of ether oxygens (including phenoxy) is 1. The van der Waals surface area contributed by atoms with Gasteiger partial charge in [0.2, 0.25) is 0 Å². The molecular formula is C14H18N2O3. The Kier molecular flexibility index (Phi) is 3.22. The van der Waals surface area contributed by atoms with Crippen molar-refractivity contribution in [3.05, 3.63) is 28.8 Å². The minimum absolute atomic E-state index is 0.345. The Balaban J connectivity index is 2.52. The van der Waals surface area contributed by atoms with Crippen LogP contribution in [-0.4, -0.2) is 25.5 Å². The van der Waals surface area contributed by atoms with Crippen LogP contribution in [0, 0.1) is 13.8 Å². The van der Waals surface area contributed by atoms with Crippen LogP contribution in [0.4, 0.5) is 0 Å². The standard InChI is InChI=1S/C14H18N2O3/c1-8-5-9(2)11(10(6-8)19-4)14(3)7-15-12(17)13(18)16-14/h5-6H,7H2,1-4H3,(H,15,17)(H,16,18). The van der Waals surface area contributed by atoms with Gasteiger partial charge in [0, 0.05) is 12.1 Å². The third-order valence-electron chi connectivity index (χ3n) is 3.41. The van der Waals surface area contributed by atoms with Gasteiger partial charge in [0.25, 0.3) is 0 Å². The fraction of sp³-hybridized carbons (Fsp3) is 0.429.